The van der Waals surface area contributed by atoms with Crippen LogP contribution in [0.3, 0.4) is 0 Å². The van der Waals surface area contributed by atoms with Crippen molar-refractivity contribution in [2.45, 2.75) is 12.6 Å². The molecule has 0 aliphatic rings. The summed E-state index contributed by atoms with van der Waals surface area (Å²) in [6.07, 6.45) is -4.48. The highest BCUT2D eigenvalue weighted by Gasteiger charge is 2.27. The van der Waals surface area contributed by atoms with Gasteiger partial charge < -0.3 is 10.1 Å². The van der Waals surface area contributed by atoms with Crippen molar-refractivity contribution >= 4 is 27.5 Å². The Morgan fingerprint density at radius 2 is 1.89 bits per heavy atom. The lowest BCUT2D eigenvalue weighted by atomic mass is 10.3. The Morgan fingerprint density at radius 1 is 1.28 bits per heavy atom. The predicted molar refractivity (Wildman–Crippen MR) is 64.3 cm³/mol. The number of hydrogen-bond donors (Lipinski definition) is 1. The molecule has 1 N–H and O–H groups in total. The van der Waals surface area contributed by atoms with Gasteiger partial charge in [0.2, 0.25) is 5.91 Å². The average molecular weight is 326 g/mol. The van der Waals surface area contributed by atoms with Crippen molar-refractivity contribution in [3.05, 3.63) is 28.7 Å². The van der Waals surface area contributed by atoms with E-state index in [1.807, 2.05) is 0 Å². The second kappa shape index (κ2) is 6.75. The largest absolute Gasteiger partial charge is 0.411 e. The highest BCUT2D eigenvalue weighted by atomic mass is 79.9. The van der Waals surface area contributed by atoms with E-state index < -0.39 is 12.8 Å². The summed E-state index contributed by atoms with van der Waals surface area (Å²) >= 11 is 3.24. The second-order valence-electron chi connectivity index (χ2n) is 3.47. The van der Waals surface area contributed by atoms with Crippen molar-refractivity contribution in [3.8, 4) is 0 Å². The fraction of sp³-hybridized carbons (Fsp3) is 0.364. The van der Waals surface area contributed by atoms with E-state index in [1.54, 1.807) is 24.3 Å². The Balaban J connectivity index is 2.24. The average Bonchev–Trinajstić information content (AvgIpc) is 2.26. The number of anilines is 1. The maximum absolute atomic E-state index is 11.7. The topological polar surface area (TPSA) is 38.3 Å². The molecule has 0 saturated heterocycles. The van der Waals surface area contributed by atoms with Crippen molar-refractivity contribution in [2.24, 2.45) is 0 Å². The van der Waals surface area contributed by atoms with E-state index in [1.165, 1.54) is 0 Å². The van der Waals surface area contributed by atoms with Crippen LogP contribution in [0.25, 0.3) is 0 Å². The molecule has 1 aromatic carbocycles. The van der Waals surface area contributed by atoms with Gasteiger partial charge in [-0.3, -0.25) is 4.79 Å². The Hall–Kier alpha value is -1.08. The van der Waals surface area contributed by atoms with Crippen molar-refractivity contribution in [2.75, 3.05) is 18.5 Å². The minimum absolute atomic E-state index is 0.119. The quantitative estimate of drug-likeness (QED) is 0.843. The standard InChI is InChI=1S/C11H11BrF3NO2/c12-8-1-3-9(4-2-8)16-10(17)5-6-18-7-11(13,14)15/h1-4H,5-7H2,(H,16,17). The lowest BCUT2D eigenvalue weighted by Gasteiger charge is -2.08. The zero-order valence-electron chi connectivity index (χ0n) is 9.26. The molecule has 0 heterocycles. The Kier molecular flexibility index (Phi) is 5.61. The lowest BCUT2D eigenvalue weighted by Crippen LogP contribution is -2.20. The van der Waals surface area contributed by atoms with E-state index in [4.69, 9.17) is 0 Å². The van der Waals surface area contributed by atoms with Gasteiger partial charge in [0.1, 0.15) is 6.61 Å². The molecule has 100 valence electrons. The Labute approximate surface area is 110 Å². The van der Waals surface area contributed by atoms with Gasteiger partial charge in [0.25, 0.3) is 0 Å². The maximum Gasteiger partial charge on any atom is 0.411 e. The van der Waals surface area contributed by atoms with Crippen LogP contribution in [0.15, 0.2) is 28.7 Å². The van der Waals surface area contributed by atoms with Gasteiger partial charge in [-0.15, -0.1) is 0 Å². The maximum atomic E-state index is 11.7. The first-order valence-electron chi connectivity index (χ1n) is 5.07. The summed E-state index contributed by atoms with van der Waals surface area (Å²) < 4.78 is 40.4. The van der Waals surface area contributed by atoms with Crippen molar-refractivity contribution in [3.63, 3.8) is 0 Å². The molecule has 0 bridgehead atoms. The normalized spacial score (nSPS) is 11.3. The summed E-state index contributed by atoms with van der Waals surface area (Å²) in [7, 11) is 0. The number of ether oxygens (including phenoxy) is 1. The minimum atomic E-state index is -4.36. The first-order valence-corrected chi connectivity index (χ1v) is 5.86. The fourth-order valence-corrected chi connectivity index (χ4v) is 1.37. The molecular weight excluding hydrogens is 315 g/mol. The smallest absolute Gasteiger partial charge is 0.372 e. The SMILES string of the molecule is O=C(CCOCC(F)(F)F)Nc1ccc(Br)cc1. The molecule has 0 unspecified atom stereocenters. The number of hydrogen-bond acceptors (Lipinski definition) is 2. The zero-order valence-corrected chi connectivity index (χ0v) is 10.8. The number of carbonyl (C=O) groups is 1. The van der Waals surface area contributed by atoms with Gasteiger partial charge in [-0.2, -0.15) is 13.2 Å². The molecule has 3 nitrogen and oxygen atoms in total. The van der Waals surface area contributed by atoms with Gasteiger partial charge in [0.05, 0.1) is 13.0 Å². The molecule has 0 saturated carbocycles. The minimum Gasteiger partial charge on any atom is -0.372 e. The van der Waals surface area contributed by atoms with Crippen LogP contribution in [0.5, 0.6) is 0 Å². The van der Waals surface area contributed by atoms with Gasteiger partial charge in [0.15, 0.2) is 0 Å². The van der Waals surface area contributed by atoms with Crippen LogP contribution >= 0.6 is 15.9 Å². The Bertz CT molecular complexity index is 392. The number of benzene rings is 1. The van der Waals surface area contributed by atoms with Crippen molar-refractivity contribution in [1.29, 1.82) is 0 Å². The van der Waals surface area contributed by atoms with E-state index in [0.717, 1.165) is 4.47 Å². The summed E-state index contributed by atoms with van der Waals surface area (Å²) in [5, 5.41) is 2.55. The summed E-state index contributed by atoms with van der Waals surface area (Å²) in [5.74, 6) is -0.389. The van der Waals surface area contributed by atoms with Crippen LogP contribution < -0.4 is 5.32 Å². The number of nitrogens with one attached hydrogen (secondary N) is 1. The molecule has 0 aliphatic heterocycles. The predicted octanol–water partition coefficient (Wildman–Crippen LogP) is 3.36. The van der Waals surface area contributed by atoms with Gasteiger partial charge in [-0.05, 0) is 24.3 Å². The molecule has 18 heavy (non-hydrogen) atoms. The number of alkyl halides is 3. The molecule has 0 atom stereocenters. The third-order valence-electron chi connectivity index (χ3n) is 1.87. The summed E-state index contributed by atoms with van der Waals surface area (Å²) in [4.78, 5) is 11.3. The zero-order chi connectivity index (χ0) is 13.6. The van der Waals surface area contributed by atoms with Gasteiger partial charge in [-0.1, -0.05) is 15.9 Å². The number of amides is 1. The van der Waals surface area contributed by atoms with E-state index >= 15 is 0 Å². The second-order valence-corrected chi connectivity index (χ2v) is 4.39. The molecule has 0 radical (unpaired) electrons. The summed E-state index contributed by atoms with van der Waals surface area (Å²) in [6.45, 7) is -1.60. The molecule has 1 aromatic rings. The molecule has 0 spiro atoms. The van der Waals surface area contributed by atoms with Crippen LogP contribution in [-0.4, -0.2) is 25.3 Å². The van der Waals surface area contributed by atoms with Crippen LogP contribution in [0, 0.1) is 0 Å². The number of carbonyl (C=O) groups excluding carboxylic acids is 1. The molecule has 0 aliphatic carbocycles. The van der Waals surface area contributed by atoms with Crippen LogP contribution in [0.2, 0.25) is 0 Å². The first-order chi connectivity index (χ1) is 8.37. The first kappa shape index (κ1) is 15.0. The van der Waals surface area contributed by atoms with Crippen LogP contribution in [0.1, 0.15) is 6.42 Å². The highest BCUT2D eigenvalue weighted by molar-refractivity contribution is 9.10. The monoisotopic (exact) mass is 325 g/mol. The van der Waals surface area contributed by atoms with Crippen molar-refractivity contribution in [1.82, 2.24) is 0 Å². The van der Waals surface area contributed by atoms with Crippen molar-refractivity contribution < 1.29 is 22.7 Å². The fourth-order valence-electron chi connectivity index (χ4n) is 1.11. The van der Waals surface area contributed by atoms with E-state index in [-0.39, 0.29) is 18.9 Å². The van der Waals surface area contributed by atoms with Gasteiger partial charge in [0, 0.05) is 10.2 Å². The molecule has 0 fully saturated rings. The van der Waals surface area contributed by atoms with Crippen LogP contribution in [0.4, 0.5) is 18.9 Å². The summed E-state index contributed by atoms with van der Waals surface area (Å²) in [6, 6.07) is 6.85. The van der Waals surface area contributed by atoms with E-state index in [9.17, 15) is 18.0 Å². The third kappa shape index (κ3) is 6.61. The van der Waals surface area contributed by atoms with Crippen LogP contribution in [-0.2, 0) is 9.53 Å². The highest BCUT2D eigenvalue weighted by Crippen LogP contribution is 2.15. The molecular formula is C11H11BrF3NO2. The van der Waals surface area contributed by atoms with E-state index in [0.29, 0.717) is 5.69 Å². The van der Waals surface area contributed by atoms with Gasteiger partial charge in [-0.25, -0.2) is 0 Å². The summed E-state index contributed by atoms with van der Waals surface area (Å²) in [5.41, 5.74) is 0.582. The molecule has 1 rings (SSSR count). The molecule has 7 heteroatoms. The number of halogens is 4. The van der Waals surface area contributed by atoms with E-state index in [2.05, 4.69) is 26.0 Å². The number of rotatable bonds is 5. The molecule has 0 aromatic heterocycles. The lowest BCUT2D eigenvalue weighted by molar-refractivity contribution is -0.174. The third-order valence-corrected chi connectivity index (χ3v) is 2.40. The Morgan fingerprint density at radius 3 is 2.44 bits per heavy atom. The van der Waals surface area contributed by atoms with Gasteiger partial charge >= 0.3 is 6.18 Å². The molecule has 1 amide bonds.